The number of benzene rings is 1. The maximum absolute atomic E-state index is 11.3. The lowest BCUT2D eigenvalue weighted by molar-refractivity contribution is 0.0600. The molecule has 4 heteroatoms. The lowest BCUT2D eigenvalue weighted by Gasteiger charge is -2.07. The molecule has 0 saturated carbocycles. The lowest BCUT2D eigenvalue weighted by atomic mass is 10.0. The SMILES string of the molecule is COC(=O)c1ccc(CCC[C@H](C)O)c(Br)c1. The number of esters is 1. The van der Waals surface area contributed by atoms with Crippen LogP contribution in [0, 0.1) is 0 Å². The second-order valence-corrected chi connectivity index (χ2v) is 4.89. The van der Waals surface area contributed by atoms with E-state index in [0.29, 0.717) is 5.56 Å². The number of aryl methyl sites for hydroxylation is 1. The smallest absolute Gasteiger partial charge is 0.337 e. The molecule has 3 nitrogen and oxygen atoms in total. The summed E-state index contributed by atoms with van der Waals surface area (Å²) in [5.41, 5.74) is 1.68. The van der Waals surface area contributed by atoms with Crippen LogP contribution in [-0.4, -0.2) is 24.3 Å². The minimum absolute atomic E-state index is 0.261. The molecule has 0 fully saturated rings. The Labute approximate surface area is 110 Å². The number of carbonyl (C=O) groups is 1. The van der Waals surface area contributed by atoms with Crippen molar-refractivity contribution in [2.45, 2.75) is 32.3 Å². The lowest BCUT2D eigenvalue weighted by Crippen LogP contribution is -2.03. The first kappa shape index (κ1) is 14.2. The number of rotatable bonds is 5. The van der Waals surface area contributed by atoms with E-state index in [4.69, 9.17) is 0 Å². The summed E-state index contributed by atoms with van der Waals surface area (Å²) in [6.07, 6.45) is 2.33. The van der Waals surface area contributed by atoms with Crippen molar-refractivity contribution in [1.82, 2.24) is 0 Å². The second-order valence-electron chi connectivity index (χ2n) is 4.04. The molecule has 94 valence electrons. The Kier molecular flexibility index (Phi) is 5.65. The summed E-state index contributed by atoms with van der Waals surface area (Å²) < 4.78 is 5.56. The molecule has 0 bridgehead atoms. The van der Waals surface area contributed by atoms with Gasteiger partial charge in [0, 0.05) is 4.47 Å². The molecule has 0 radical (unpaired) electrons. The van der Waals surface area contributed by atoms with Gasteiger partial charge in [-0.2, -0.15) is 0 Å². The van der Waals surface area contributed by atoms with Crippen molar-refractivity contribution >= 4 is 21.9 Å². The fourth-order valence-corrected chi connectivity index (χ4v) is 2.16. The van der Waals surface area contributed by atoms with Crippen LogP contribution in [-0.2, 0) is 11.2 Å². The number of hydrogen-bond donors (Lipinski definition) is 1. The van der Waals surface area contributed by atoms with Gasteiger partial charge in [0.15, 0.2) is 0 Å². The van der Waals surface area contributed by atoms with Gasteiger partial charge in [-0.05, 0) is 43.9 Å². The number of ether oxygens (including phenoxy) is 1. The number of halogens is 1. The van der Waals surface area contributed by atoms with Gasteiger partial charge in [-0.15, -0.1) is 0 Å². The maximum Gasteiger partial charge on any atom is 0.337 e. The number of methoxy groups -OCH3 is 1. The highest BCUT2D eigenvalue weighted by molar-refractivity contribution is 9.10. The van der Waals surface area contributed by atoms with Crippen LogP contribution in [0.25, 0.3) is 0 Å². The van der Waals surface area contributed by atoms with Crippen LogP contribution >= 0.6 is 15.9 Å². The molecule has 0 spiro atoms. The number of aliphatic hydroxyl groups is 1. The molecule has 0 saturated heterocycles. The van der Waals surface area contributed by atoms with Gasteiger partial charge in [-0.1, -0.05) is 22.0 Å². The van der Waals surface area contributed by atoms with Crippen molar-refractivity contribution in [3.63, 3.8) is 0 Å². The minimum atomic E-state index is -0.332. The van der Waals surface area contributed by atoms with Gasteiger partial charge >= 0.3 is 5.97 Å². The van der Waals surface area contributed by atoms with Crippen LogP contribution in [0.2, 0.25) is 0 Å². The zero-order valence-electron chi connectivity index (χ0n) is 10.1. The van der Waals surface area contributed by atoms with E-state index in [2.05, 4.69) is 20.7 Å². The van der Waals surface area contributed by atoms with Gasteiger partial charge in [0.2, 0.25) is 0 Å². The molecule has 0 aliphatic heterocycles. The quantitative estimate of drug-likeness (QED) is 0.851. The summed E-state index contributed by atoms with van der Waals surface area (Å²) in [6.45, 7) is 1.79. The maximum atomic E-state index is 11.3. The normalized spacial score (nSPS) is 12.2. The van der Waals surface area contributed by atoms with Crippen molar-refractivity contribution in [2.24, 2.45) is 0 Å². The van der Waals surface area contributed by atoms with Crippen LogP contribution in [0.4, 0.5) is 0 Å². The van der Waals surface area contributed by atoms with Crippen LogP contribution in [0.3, 0.4) is 0 Å². The van der Waals surface area contributed by atoms with Crippen molar-refractivity contribution in [3.8, 4) is 0 Å². The first-order valence-electron chi connectivity index (χ1n) is 5.59. The van der Waals surface area contributed by atoms with Gasteiger partial charge in [-0.3, -0.25) is 0 Å². The van der Waals surface area contributed by atoms with Crippen molar-refractivity contribution in [1.29, 1.82) is 0 Å². The molecule has 0 unspecified atom stereocenters. The Morgan fingerprint density at radius 1 is 1.53 bits per heavy atom. The molecule has 0 aromatic heterocycles. The molecule has 0 aliphatic rings. The largest absolute Gasteiger partial charge is 0.465 e. The fraction of sp³-hybridized carbons (Fsp3) is 0.462. The highest BCUT2D eigenvalue weighted by Gasteiger charge is 2.08. The van der Waals surface area contributed by atoms with E-state index in [1.807, 2.05) is 6.07 Å². The van der Waals surface area contributed by atoms with E-state index < -0.39 is 0 Å². The van der Waals surface area contributed by atoms with E-state index in [1.54, 1.807) is 19.1 Å². The van der Waals surface area contributed by atoms with Crippen LogP contribution in [0.5, 0.6) is 0 Å². The van der Waals surface area contributed by atoms with Gasteiger partial charge < -0.3 is 9.84 Å². The van der Waals surface area contributed by atoms with Gasteiger partial charge in [-0.25, -0.2) is 4.79 Å². The summed E-state index contributed by atoms with van der Waals surface area (Å²) in [5, 5.41) is 9.18. The molecule has 1 N–H and O–H groups in total. The molecular formula is C13H17BrO3. The third kappa shape index (κ3) is 4.48. The van der Waals surface area contributed by atoms with E-state index in [1.165, 1.54) is 7.11 Å². The number of aliphatic hydroxyl groups excluding tert-OH is 1. The number of hydrogen-bond acceptors (Lipinski definition) is 3. The molecule has 17 heavy (non-hydrogen) atoms. The van der Waals surface area contributed by atoms with Crippen LogP contribution in [0.1, 0.15) is 35.7 Å². The first-order valence-corrected chi connectivity index (χ1v) is 6.38. The van der Waals surface area contributed by atoms with Gasteiger partial charge in [0.25, 0.3) is 0 Å². The molecule has 0 heterocycles. The van der Waals surface area contributed by atoms with E-state index >= 15 is 0 Å². The highest BCUT2D eigenvalue weighted by Crippen LogP contribution is 2.21. The average Bonchev–Trinajstić information content (AvgIpc) is 2.29. The third-order valence-corrected chi connectivity index (χ3v) is 3.28. The molecule has 1 aromatic carbocycles. The molecular weight excluding hydrogens is 284 g/mol. The predicted octanol–water partition coefficient (Wildman–Crippen LogP) is 2.94. The van der Waals surface area contributed by atoms with E-state index in [9.17, 15) is 9.90 Å². The fourth-order valence-electron chi connectivity index (χ4n) is 1.58. The highest BCUT2D eigenvalue weighted by atomic mass is 79.9. The standard InChI is InChI=1S/C13H17BrO3/c1-9(15)4-3-5-10-6-7-11(8-12(10)14)13(16)17-2/h6-9,15H,3-5H2,1-2H3/t9-/m0/s1. The zero-order chi connectivity index (χ0) is 12.8. The van der Waals surface area contributed by atoms with Crippen molar-refractivity contribution < 1.29 is 14.6 Å². The first-order chi connectivity index (χ1) is 8.04. The Morgan fingerprint density at radius 2 is 2.24 bits per heavy atom. The summed E-state index contributed by atoms with van der Waals surface area (Å²) in [6, 6.07) is 5.44. The Morgan fingerprint density at radius 3 is 2.76 bits per heavy atom. The third-order valence-electron chi connectivity index (χ3n) is 2.54. The van der Waals surface area contributed by atoms with Gasteiger partial charge in [0.05, 0.1) is 18.8 Å². The summed E-state index contributed by atoms with van der Waals surface area (Å²) in [5.74, 6) is -0.332. The van der Waals surface area contributed by atoms with E-state index in [-0.39, 0.29) is 12.1 Å². The van der Waals surface area contributed by atoms with Gasteiger partial charge in [0.1, 0.15) is 0 Å². The molecule has 0 aliphatic carbocycles. The second kappa shape index (κ2) is 6.77. The minimum Gasteiger partial charge on any atom is -0.465 e. The Hall–Kier alpha value is -0.870. The van der Waals surface area contributed by atoms with E-state index in [0.717, 1.165) is 29.3 Å². The molecule has 0 amide bonds. The molecule has 1 rings (SSSR count). The predicted molar refractivity (Wildman–Crippen MR) is 70.1 cm³/mol. The molecule has 1 atom stereocenters. The molecule has 1 aromatic rings. The van der Waals surface area contributed by atoms with Crippen molar-refractivity contribution in [3.05, 3.63) is 33.8 Å². The summed E-state index contributed by atoms with van der Waals surface area (Å²) >= 11 is 3.44. The summed E-state index contributed by atoms with van der Waals surface area (Å²) in [7, 11) is 1.37. The number of carbonyl (C=O) groups excluding carboxylic acids is 1. The monoisotopic (exact) mass is 300 g/mol. The average molecular weight is 301 g/mol. The zero-order valence-corrected chi connectivity index (χ0v) is 11.7. The van der Waals surface area contributed by atoms with Crippen LogP contribution < -0.4 is 0 Å². The van der Waals surface area contributed by atoms with Crippen molar-refractivity contribution in [2.75, 3.05) is 7.11 Å². The topological polar surface area (TPSA) is 46.5 Å². The summed E-state index contributed by atoms with van der Waals surface area (Å²) in [4.78, 5) is 11.3. The van der Waals surface area contributed by atoms with Crippen LogP contribution in [0.15, 0.2) is 22.7 Å². The Balaban J connectivity index is 2.66. The Bertz CT molecular complexity index is 388.